The Kier molecular flexibility index (Phi) is 4.54. The Bertz CT molecular complexity index is 1100. The molecule has 1 nitrogen and oxygen atoms in total. The number of aliphatic hydroxyl groups is 1. The largest absolute Gasteiger partial charge is 0.384 e. The highest BCUT2D eigenvalue weighted by molar-refractivity contribution is 7.73. The molecule has 0 aromatic heterocycles. The highest BCUT2D eigenvalue weighted by Gasteiger charge is 2.53. The zero-order chi connectivity index (χ0) is 20.0. The standard InChI is InChI=1S/C27H25OP/c1-19-25(22-16-10-5-11-17-22)29-18-27(19,2)23(20-12-6-3-7-13-20)26(29)24(28)21-14-8-4-9-15-21/h3-17,24,28H,18H2,1-2H3/t24-,27-,29?/m1/s1. The van der Waals surface area contributed by atoms with Gasteiger partial charge in [0.1, 0.15) is 6.10 Å². The smallest absolute Gasteiger partial charge is 0.105 e. The summed E-state index contributed by atoms with van der Waals surface area (Å²) in [7, 11) is -0.577. The number of benzene rings is 3. The van der Waals surface area contributed by atoms with Gasteiger partial charge in [0.2, 0.25) is 0 Å². The maximum atomic E-state index is 11.6. The van der Waals surface area contributed by atoms with E-state index in [9.17, 15) is 5.11 Å². The molecular formula is C27H25OP. The van der Waals surface area contributed by atoms with Gasteiger partial charge in [-0.05, 0) is 53.9 Å². The molecule has 1 N–H and O–H groups in total. The van der Waals surface area contributed by atoms with Crippen LogP contribution in [0, 0.1) is 5.41 Å². The van der Waals surface area contributed by atoms with Crippen molar-refractivity contribution in [1.82, 2.24) is 0 Å². The van der Waals surface area contributed by atoms with Crippen LogP contribution < -0.4 is 0 Å². The highest BCUT2D eigenvalue weighted by atomic mass is 31.1. The maximum Gasteiger partial charge on any atom is 0.105 e. The molecule has 144 valence electrons. The fourth-order valence-corrected chi connectivity index (χ4v) is 8.78. The molecule has 2 aliphatic heterocycles. The van der Waals surface area contributed by atoms with E-state index < -0.39 is 14.0 Å². The Morgan fingerprint density at radius 2 is 1.31 bits per heavy atom. The molecule has 0 fully saturated rings. The molecule has 29 heavy (non-hydrogen) atoms. The molecule has 0 amide bonds. The highest BCUT2D eigenvalue weighted by Crippen LogP contribution is 2.79. The predicted octanol–water partition coefficient (Wildman–Crippen LogP) is 7.08. The third-order valence-corrected chi connectivity index (χ3v) is 9.64. The Morgan fingerprint density at radius 3 is 1.90 bits per heavy atom. The minimum absolute atomic E-state index is 0.0245. The number of allylic oxidation sites excluding steroid dienone is 2. The average Bonchev–Trinajstić information content (AvgIpc) is 3.22. The van der Waals surface area contributed by atoms with Crippen LogP contribution in [0.5, 0.6) is 0 Å². The molecule has 0 saturated carbocycles. The number of aliphatic hydroxyl groups excluding tert-OH is 1. The van der Waals surface area contributed by atoms with Crippen molar-refractivity contribution in [3.05, 3.63) is 119 Å². The van der Waals surface area contributed by atoms with Crippen molar-refractivity contribution in [3.63, 3.8) is 0 Å². The molecule has 3 aromatic rings. The van der Waals surface area contributed by atoms with Gasteiger partial charge in [-0.3, -0.25) is 0 Å². The summed E-state index contributed by atoms with van der Waals surface area (Å²) in [5.41, 5.74) is 6.33. The summed E-state index contributed by atoms with van der Waals surface area (Å²) < 4.78 is 0. The molecule has 0 aliphatic carbocycles. The van der Waals surface area contributed by atoms with Crippen molar-refractivity contribution in [1.29, 1.82) is 0 Å². The van der Waals surface area contributed by atoms with Crippen LogP contribution in [0.15, 0.2) is 102 Å². The van der Waals surface area contributed by atoms with Crippen LogP contribution in [0.3, 0.4) is 0 Å². The lowest BCUT2D eigenvalue weighted by atomic mass is 9.73. The minimum atomic E-state index is -0.577. The van der Waals surface area contributed by atoms with E-state index in [0.29, 0.717) is 0 Å². The van der Waals surface area contributed by atoms with E-state index in [1.54, 1.807) is 0 Å². The van der Waals surface area contributed by atoms with Crippen LogP contribution in [-0.2, 0) is 0 Å². The van der Waals surface area contributed by atoms with E-state index in [0.717, 1.165) is 11.7 Å². The molecule has 3 atom stereocenters. The van der Waals surface area contributed by atoms with Gasteiger partial charge >= 0.3 is 0 Å². The van der Waals surface area contributed by atoms with Gasteiger partial charge in [0, 0.05) is 5.41 Å². The van der Waals surface area contributed by atoms with Crippen molar-refractivity contribution in [2.24, 2.45) is 5.41 Å². The molecule has 3 aromatic carbocycles. The molecule has 0 saturated heterocycles. The number of fused-ring (bicyclic) bond motifs is 2. The summed E-state index contributed by atoms with van der Waals surface area (Å²) in [4.78, 5) is 0. The maximum absolute atomic E-state index is 11.6. The molecule has 0 spiro atoms. The van der Waals surface area contributed by atoms with E-state index in [2.05, 4.69) is 74.5 Å². The third kappa shape index (κ3) is 2.84. The van der Waals surface area contributed by atoms with Gasteiger partial charge < -0.3 is 5.11 Å². The predicted molar refractivity (Wildman–Crippen MR) is 124 cm³/mol. The molecule has 0 radical (unpaired) electrons. The Morgan fingerprint density at radius 1 is 0.793 bits per heavy atom. The van der Waals surface area contributed by atoms with Crippen LogP contribution in [0.4, 0.5) is 0 Å². The molecule has 2 heterocycles. The SMILES string of the molecule is CC1=C(c2ccccc2)P2C[C@@]1(C)C(c1ccccc1)=C2[C@H](O)c1ccccc1. The molecular weight excluding hydrogens is 371 g/mol. The molecule has 2 bridgehead atoms. The molecule has 2 aliphatic rings. The van der Waals surface area contributed by atoms with Gasteiger partial charge in [0.15, 0.2) is 0 Å². The van der Waals surface area contributed by atoms with Crippen molar-refractivity contribution < 1.29 is 5.11 Å². The number of hydrogen-bond donors (Lipinski definition) is 1. The first-order valence-electron chi connectivity index (χ1n) is 10.2. The fraction of sp³-hybridized carbons (Fsp3) is 0.185. The zero-order valence-corrected chi connectivity index (χ0v) is 17.7. The number of rotatable bonds is 4. The topological polar surface area (TPSA) is 20.2 Å². The average molecular weight is 396 g/mol. The number of hydrogen-bond acceptors (Lipinski definition) is 1. The Labute approximate surface area is 174 Å². The first kappa shape index (κ1) is 18.6. The van der Waals surface area contributed by atoms with Gasteiger partial charge in [-0.1, -0.05) is 103 Å². The first-order chi connectivity index (χ1) is 14.1. The summed E-state index contributed by atoms with van der Waals surface area (Å²) >= 11 is 0. The molecule has 2 heteroatoms. The van der Waals surface area contributed by atoms with Gasteiger partial charge in [0.05, 0.1) is 0 Å². The van der Waals surface area contributed by atoms with Crippen molar-refractivity contribution >= 4 is 18.8 Å². The lowest BCUT2D eigenvalue weighted by molar-refractivity contribution is 0.224. The van der Waals surface area contributed by atoms with Gasteiger partial charge in [-0.15, -0.1) is 0 Å². The monoisotopic (exact) mass is 396 g/mol. The van der Waals surface area contributed by atoms with Crippen LogP contribution in [0.1, 0.15) is 36.6 Å². The second-order valence-electron chi connectivity index (χ2n) is 8.20. The van der Waals surface area contributed by atoms with E-state index in [1.165, 1.54) is 32.9 Å². The lowest BCUT2D eigenvalue weighted by Crippen LogP contribution is -2.19. The van der Waals surface area contributed by atoms with Crippen molar-refractivity contribution in [2.45, 2.75) is 20.0 Å². The van der Waals surface area contributed by atoms with E-state index in [4.69, 9.17) is 0 Å². The van der Waals surface area contributed by atoms with Crippen molar-refractivity contribution in [2.75, 3.05) is 6.16 Å². The van der Waals surface area contributed by atoms with Crippen molar-refractivity contribution in [3.8, 4) is 0 Å². The normalized spacial score (nSPS) is 24.3. The van der Waals surface area contributed by atoms with E-state index in [1.807, 2.05) is 30.3 Å². The first-order valence-corrected chi connectivity index (χ1v) is 11.7. The van der Waals surface area contributed by atoms with Crippen LogP contribution in [-0.4, -0.2) is 11.3 Å². The summed E-state index contributed by atoms with van der Waals surface area (Å²) in [6.45, 7) is 4.68. The summed E-state index contributed by atoms with van der Waals surface area (Å²) in [5.74, 6) is 0. The molecule has 1 unspecified atom stereocenters. The van der Waals surface area contributed by atoms with Crippen LogP contribution >= 0.6 is 7.92 Å². The van der Waals surface area contributed by atoms with Gasteiger partial charge in [-0.25, -0.2) is 0 Å². The summed E-state index contributed by atoms with van der Waals surface area (Å²) in [6.07, 6.45) is 0.535. The van der Waals surface area contributed by atoms with E-state index >= 15 is 0 Å². The zero-order valence-electron chi connectivity index (χ0n) is 16.8. The third-order valence-electron chi connectivity index (χ3n) is 6.51. The summed E-state index contributed by atoms with van der Waals surface area (Å²) in [6, 6.07) is 31.6. The Balaban J connectivity index is 1.73. The Hall–Kier alpha value is -2.47. The second-order valence-corrected chi connectivity index (χ2v) is 10.3. The van der Waals surface area contributed by atoms with Crippen LogP contribution in [0.2, 0.25) is 0 Å². The van der Waals surface area contributed by atoms with Crippen LogP contribution in [0.25, 0.3) is 10.9 Å². The van der Waals surface area contributed by atoms with Gasteiger partial charge in [-0.2, -0.15) is 0 Å². The quantitative estimate of drug-likeness (QED) is 0.467. The summed E-state index contributed by atoms with van der Waals surface area (Å²) in [5, 5.41) is 14.3. The minimum Gasteiger partial charge on any atom is -0.384 e. The second kappa shape index (κ2) is 7.10. The lowest BCUT2D eigenvalue weighted by Gasteiger charge is -2.33. The fourth-order valence-electron chi connectivity index (χ4n) is 4.98. The van der Waals surface area contributed by atoms with E-state index in [-0.39, 0.29) is 5.41 Å². The molecule has 5 rings (SSSR count). The van der Waals surface area contributed by atoms with Gasteiger partial charge in [0.25, 0.3) is 0 Å².